The highest BCUT2D eigenvalue weighted by Gasteiger charge is 2.47. The summed E-state index contributed by atoms with van der Waals surface area (Å²) in [6.07, 6.45) is -0.633. The lowest BCUT2D eigenvalue weighted by molar-refractivity contribution is -0.190. The van der Waals surface area contributed by atoms with Gasteiger partial charge in [-0.05, 0) is 51.9 Å². The van der Waals surface area contributed by atoms with E-state index in [-0.39, 0.29) is 17.9 Å². The largest absolute Gasteiger partial charge is 0.459 e. The van der Waals surface area contributed by atoms with Crippen LogP contribution in [0.2, 0.25) is 0 Å². The second-order valence-electron chi connectivity index (χ2n) is 9.87. The van der Waals surface area contributed by atoms with Gasteiger partial charge in [-0.25, -0.2) is 0 Å². The summed E-state index contributed by atoms with van der Waals surface area (Å²) in [5.41, 5.74) is -1.31. The fourth-order valence-corrected chi connectivity index (χ4v) is 5.46. The number of nitrogens with zero attached hydrogens (tertiary/aromatic N) is 1. The third-order valence-electron chi connectivity index (χ3n) is 7.27. The number of aliphatic hydroxyl groups excluding tert-OH is 1. The van der Waals surface area contributed by atoms with Crippen LogP contribution >= 0.6 is 0 Å². The number of aliphatic hydroxyl groups is 2. The van der Waals surface area contributed by atoms with E-state index in [1.54, 1.807) is 28.2 Å². The predicted octanol–water partition coefficient (Wildman–Crippen LogP) is 3.25. The summed E-state index contributed by atoms with van der Waals surface area (Å²) in [4.78, 5) is 17.5. The van der Waals surface area contributed by atoms with Crippen molar-refractivity contribution < 1.29 is 29.2 Å². The Morgan fingerprint density at radius 3 is 2.16 bits per heavy atom. The van der Waals surface area contributed by atoms with E-state index in [0.29, 0.717) is 19.3 Å². The molecule has 2 N–H and O–H groups in total. The van der Waals surface area contributed by atoms with Crippen molar-refractivity contribution in [3.63, 3.8) is 0 Å². The van der Waals surface area contributed by atoms with Crippen LogP contribution < -0.4 is 0 Å². The number of aliphatic imine (C=N–C) groups is 1. The molecular weight excluding hydrogens is 398 g/mol. The maximum atomic E-state index is 13.0. The number of ether oxygens (including phenoxy) is 3. The van der Waals surface area contributed by atoms with Gasteiger partial charge in [-0.3, -0.25) is 9.79 Å². The highest BCUT2D eigenvalue weighted by molar-refractivity contribution is 5.89. The van der Waals surface area contributed by atoms with Gasteiger partial charge in [-0.15, -0.1) is 0 Å². The summed E-state index contributed by atoms with van der Waals surface area (Å²) in [5.74, 6) is -1.36. The van der Waals surface area contributed by atoms with Crippen molar-refractivity contribution in [1.29, 1.82) is 0 Å². The van der Waals surface area contributed by atoms with Crippen molar-refractivity contribution in [3.8, 4) is 0 Å². The Morgan fingerprint density at radius 1 is 1.13 bits per heavy atom. The number of methoxy groups -OCH3 is 2. The summed E-state index contributed by atoms with van der Waals surface area (Å²) in [6, 6.07) is 0. The van der Waals surface area contributed by atoms with Crippen molar-refractivity contribution in [1.82, 2.24) is 0 Å². The molecule has 0 aromatic rings. The Balaban J connectivity index is 3.51. The van der Waals surface area contributed by atoms with Gasteiger partial charge in [0, 0.05) is 32.9 Å². The monoisotopic (exact) mass is 443 g/mol. The van der Waals surface area contributed by atoms with Gasteiger partial charge in [-0.1, -0.05) is 27.7 Å². The maximum absolute atomic E-state index is 13.0. The Morgan fingerprint density at radius 2 is 1.71 bits per heavy atom. The van der Waals surface area contributed by atoms with Gasteiger partial charge in [0.1, 0.15) is 11.7 Å². The number of esters is 1. The molecule has 31 heavy (non-hydrogen) atoms. The summed E-state index contributed by atoms with van der Waals surface area (Å²) >= 11 is 0. The molecule has 182 valence electrons. The van der Waals surface area contributed by atoms with Crippen LogP contribution in [0.5, 0.6) is 0 Å². The van der Waals surface area contributed by atoms with Gasteiger partial charge in [0.2, 0.25) is 0 Å². The van der Waals surface area contributed by atoms with E-state index in [1.807, 2.05) is 13.8 Å². The van der Waals surface area contributed by atoms with Crippen molar-refractivity contribution in [2.75, 3.05) is 21.3 Å². The molecule has 0 aliphatic carbocycles. The minimum absolute atomic E-state index is 0.0200. The molecule has 7 heteroatoms. The molecule has 0 bridgehead atoms. The zero-order valence-electron chi connectivity index (χ0n) is 21.1. The van der Waals surface area contributed by atoms with Crippen LogP contribution in [-0.2, 0) is 19.0 Å². The van der Waals surface area contributed by atoms with Gasteiger partial charge in [0.25, 0.3) is 0 Å². The number of carbonyl (C=O) groups excluding carboxylic acids is 1. The number of rotatable bonds is 3. The van der Waals surface area contributed by atoms with E-state index in [4.69, 9.17) is 14.2 Å². The molecule has 1 fully saturated rings. The van der Waals surface area contributed by atoms with Crippen molar-refractivity contribution in [3.05, 3.63) is 0 Å². The van der Waals surface area contributed by atoms with Crippen LogP contribution in [0, 0.1) is 23.7 Å². The SMILES string of the molecule is CC[C@H]1OC(=O)[C@H](C)[C@@H](OC)[C@H](C)C[C@](C)(OC)C[C@@H](C)C(=NC)C(C)C(O)[C@]1(C)O. The molecule has 0 spiro atoms. The molecule has 0 saturated carbocycles. The first-order valence-electron chi connectivity index (χ1n) is 11.4. The number of hydrogen-bond donors (Lipinski definition) is 2. The second-order valence-corrected chi connectivity index (χ2v) is 9.87. The van der Waals surface area contributed by atoms with E-state index < -0.39 is 41.2 Å². The first-order chi connectivity index (χ1) is 14.3. The molecular formula is C24H45NO6. The fourth-order valence-electron chi connectivity index (χ4n) is 5.46. The molecule has 1 saturated heterocycles. The average Bonchev–Trinajstić information content (AvgIpc) is 2.70. The molecule has 2 unspecified atom stereocenters. The zero-order chi connectivity index (χ0) is 24.1. The molecule has 1 aliphatic heterocycles. The fraction of sp³-hybridized carbons (Fsp3) is 0.917. The Labute approximate surface area is 188 Å². The topological polar surface area (TPSA) is 97.6 Å². The molecule has 1 rings (SSSR count). The van der Waals surface area contributed by atoms with Gasteiger partial charge in [0.15, 0.2) is 0 Å². The van der Waals surface area contributed by atoms with Crippen molar-refractivity contribution >= 4 is 11.7 Å². The number of hydrogen-bond acceptors (Lipinski definition) is 7. The van der Waals surface area contributed by atoms with Crippen molar-refractivity contribution in [2.45, 2.75) is 97.2 Å². The average molecular weight is 444 g/mol. The van der Waals surface area contributed by atoms with E-state index in [1.165, 1.54) is 6.92 Å². The molecule has 0 aromatic heterocycles. The van der Waals surface area contributed by atoms with Crippen LogP contribution in [0.4, 0.5) is 0 Å². The standard InChI is InChI=1S/C24H45NO6/c1-11-18-24(7,28)21(26)16(4)19(25-8)14(2)12-23(6,30-10)13-15(3)20(29-9)17(5)22(27)31-18/h14-18,20-21,26,28H,11-13H2,1-10H3/t14-,15-,16?,17-,18-,20+,21?,23-,24-/m1/s1. The van der Waals surface area contributed by atoms with E-state index in [9.17, 15) is 15.0 Å². The minimum atomic E-state index is -1.64. The lowest BCUT2D eigenvalue weighted by atomic mass is 9.75. The highest BCUT2D eigenvalue weighted by atomic mass is 16.6. The summed E-state index contributed by atoms with van der Waals surface area (Å²) in [5, 5.41) is 22.4. The minimum Gasteiger partial charge on any atom is -0.459 e. The molecule has 0 amide bonds. The Kier molecular flexibility index (Phi) is 10.1. The normalized spacial score (nSPS) is 45.2. The highest BCUT2D eigenvalue weighted by Crippen LogP contribution is 2.36. The molecule has 7 nitrogen and oxygen atoms in total. The Bertz CT molecular complexity index is 621. The van der Waals surface area contributed by atoms with E-state index in [0.717, 1.165) is 5.71 Å². The zero-order valence-corrected chi connectivity index (χ0v) is 21.1. The molecule has 1 heterocycles. The van der Waals surface area contributed by atoms with Gasteiger partial charge in [0.05, 0.1) is 23.7 Å². The summed E-state index contributed by atoms with van der Waals surface area (Å²) < 4.78 is 17.4. The smallest absolute Gasteiger partial charge is 0.311 e. The Hall–Kier alpha value is -1.02. The van der Waals surface area contributed by atoms with Crippen LogP contribution in [0.15, 0.2) is 4.99 Å². The molecule has 0 aromatic carbocycles. The third kappa shape index (κ3) is 6.28. The van der Waals surface area contributed by atoms with Crippen LogP contribution in [0.3, 0.4) is 0 Å². The third-order valence-corrected chi connectivity index (χ3v) is 7.27. The summed E-state index contributed by atoms with van der Waals surface area (Å²) in [7, 11) is 5.00. The van der Waals surface area contributed by atoms with Crippen LogP contribution in [-0.4, -0.2) is 72.7 Å². The molecule has 0 radical (unpaired) electrons. The molecule has 1 aliphatic rings. The van der Waals surface area contributed by atoms with Crippen molar-refractivity contribution in [2.24, 2.45) is 28.7 Å². The van der Waals surface area contributed by atoms with Gasteiger partial charge >= 0.3 is 5.97 Å². The first-order valence-corrected chi connectivity index (χ1v) is 11.4. The van der Waals surface area contributed by atoms with E-state index >= 15 is 0 Å². The molecule has 9 atom stereocenters. The second kappa shape index (κ2) is 11.2. The quantitative estimate of drug-likeness (QED) is 0.650. The van der Waals surface area contributed by atoms with Gasteiger partial charge < -0.3 is 24.4 Å². The lowest BCUT2D eigenvalue weighted by Crippen LogP contribution is -2.56. The lowest BCUT2D eigenvalue weighted by Gasteiger charge is -2.42. The first kappa shape index (κ1) is 28.0. The van der Waals surface area contributed by atoms with Crippen LogP contribution in [0.25, 0.3) is 0 Å². The number of cyclic esters (lactones) is 1. The summed E-state index contributed by atoms with van der Waals surface area (Å²) in [6.45, 7) is 13.2. The van der Waals surface area contributed by atoms with E-state index in [2.05, 4.69) is 25.8 Å². The predicted molar refractivity (Wildman–Crippen MR) is 122 cm³/mol. The van der Waals surface area contributed by atoms with Crippen LogP contribution in [0.1, 0.15) is 67.7 Å². The maximum Gasteiger partial charge on any atom is 0.311 e. The number of carbonyl (C=O) groups is 1. The van der Waals surface area contributed by atoms with Gasteiger partial charge in [-0.2, -0.15) is 0 Å².